The van der Waals surface area contributed by atoms with Gasteiger partial charge in [0, 0.05) is 44.6 Å². The van der Waals surface area contributed by atoms with Gasteiger partial charge in [-0.3, -0.25) is 19.1 Å². The molecule has 0 radical (unpaired) electrons. The second-order valence-electron chi connectivity index (χ2n) is 8.03. The maximum absolute atomic E-state index is 13.2. The Morgan fingerprint density at radius 1 is 1.35 bits per heavy atom. The molecule has 0 saturated carbocycles. The Labute approximate surface area is 177 Å². The first-order valence-electron chi connectivity index (χ1n) is 10.1. The van der Waals surface area contributed by atoms with Crippen LogP contribution in [0.1, 0.15) is 29.7 Å². The fourth-order valence-corrected chi connectivity index (χ4v) is 4.02. The number of hydrogen-bond donors (Lipinski definition) is 2. The molecule has 1 fully saturated rings. The Hall–Kier alpha value is -3.24. The van der Waals surface area contributed by atoms with Crippen LogP contribution in [0.2, 0.25) is 0 Å². The van der Waals surface area contributed by atoms with Gasteiger partial charge < -0.3 is 19.3 Å². The Bertz CT molecular complexity index is 1220. The van der Waals surface area contributed by atoms with Crippen molar-refractivity contribution in [3.8, 4) is 0 Å². The number of H-pyrrole nitrogens is 1. The largest absolute Gasteiger partial charge is 0.388 e. The number of aromatic amines is 1. The summed E-state index contributed by atoms with van der Waals surface area (Å²) in [7, 11) is 1.64. The van der Waals surface area contributed by atoms with Crippen molar-refractivity contribution < 1.29 is 14.6 Å². The zero-order valence-electron chi connectivity index (χ0n) is 17.4. The van der Waals surface area contributed by atoms with Gasteiger partial charge in [0.05, 0.1) is 35.6 Å². The van der Waals surface area contributed by atoms with Crippen LogP contribution in [0.5, 0.6) is 0 Å². The molecule has 0 aliphatic carbocycles. The van der Waals surface area contributed by atoms with E-state index in [1.54, 1.807) is 37.4 Å². The minimum atomic E-state index is -1.21. The van der Waals surface area contributed by atoms with Crippen LogP contribution in [0, 0.1) is 0 Å². The van der Waals surface area contributed by atoms with Gasteiger partial charge in [0.15, 0.2) is 0 Å². The number of amides is 1. The van der Waals surface area contributed by atoms with Gasteiger partial charge in [-0.2, -0.15) is 0 Å². The number of fused-ring (bicyclic) bond motifs is 1. The van der Waals surface area contributed by atoms with Crippen molar-refractivity contribution in [2.45, 2.75) is 31.5 Å². The molecule has 4 rings (SSSR count). The summed E-state index contributed by atoms with van der Waals surface area (Å²) in [6.07, 6.45) is 3.37. The first-order valence-corrected chi connectivity index (χ1v) is 10.1. The lowest BCUT2D eigenvalue weighted by molar-refractivity contribution is -0.0459. The van der Waals surface area contributed by atoms with Crippen LogP contribution < -0.4 is 11.2 Å². The number of carbonyl (C=O) groups excluding carboxylic acids is 1. The molecule has 3 aromatic rings. The molecule has 10 heteroatoms. The van der Waals surface area contributed by atoms with Gasteiger partial charge in [0.2, 0.25) is 0 Å². The number of aliphatic hydroxyl groups is 1. The molecular formula is C21H25N5O5. The fraction of sp³-hybridized carbons (Fsp3) is 0.429. The average Bonchev–Trinajstić information content (AvgIpc) is 3.14. The molecule has 31 heavy (non-hydrogen) atoms. The van der Waals surface area contributed by atoms with Gasteiger partial charge in [0.25, 0.3) is 11.5 Å². The van der Waals surface area contributed by atoms with Crippen molar-refractivity contribution >= 4 is 16.9 Å². The van der Waals surface area contributed by atoms with E-state index >= 15 is 0 Å². The van der Waals surface area contributed by atoms with E-state index in [-0.39, 0.29) is 12.5 Å². The number of benzene rings is 1. The van der Waals surface area contributed by atoms with Gasteiger partial charge in [0.1, 0.15) is 0 Å². The molecule has 1 aliphatic rings. The number of nitrogens with one attached hydrogen (secondary N) is 1. The summed E-state index contributed by atoms with van der Waals surface area (Å²) < 4.78 is 8.35. The molecule has 164 valence electrons. The molecule has 0 spiro atoms. The van der Waals surface area contributed by atoms with E-state index in [0.29, 0.717) is 37.2 Å². The third kappa shape index (κ3) is 4.04. The molecule has 1 aromatic carbocycles. The predicted molar refractivity (Wildman–Crippen MR) is 113 cm³/mol. The number of hydrogen-bond acceptors (Lipinski definition) is 6. The maximum atomic E-state index is 13.2. The molecule has 10 nitrogen and oxygen atoms in total. The number of carbonyl (C=O) groups is 1. The summed E-state index contributed by atoms with van der Waals surface area (Å²) in [5.41, 5.74) is -0.230. The Kier molecular flexibility index (Phi) is 5.50. The molecule has 2 atom stereocenters. The van der Waals surface area contributed by atoms with Crippen molar-refractivity contribution in [2.24, 2.45) is 0 Å². The summed E-state index contributed by atoms with van der Waals surface area (Å²) in [5, 5.41) is 10.9. The van der Waals surface area contributed by atoms with E-state index in [0.717, 1.165) is 5.52 Å². The second-order valence-corrected chi connectivity index (χ2v) is 8.03. The summed E-state index contributed by atoms with van der Waals surface area (Å²) in [6.45, 7) is 3.34. The monoisotopic (exact) mass is 427 g/mol. The highest BCUT2D eigenvalue weighted by atomic mass is 16.5. The van der Waals surface area contributed by atoms with Gasteiger partial charge in [-0.25, -0.2) is 9.78 Å². The van der Waals surface area contributed by atoms with E-state index in [4.69, 9.17) is 4.74 Å². The number of ether oxygens (including phenoxy) is 1. The molecule has 2 N–H and O–H groups in total. The lowest BCUT2D eigenvalue weighted by Crippen LogP contribution is -2.54. The van der Waals surface area contributed by atoms with Gasteiger partial charge in [-0.15, -0.1) is 0 Å². The minimum absolute atomic E-state index is 0.137. The lowest BCUT2D eigenvalue weighted by atomic mass is 9.87. The molecule has 3 heterocycles. The molecule has 1 amide bonds. The molecule has 1 saturated heterocycles. The lowest BCUT2D eigenvalue weighted by Gasteiger charge is -2.43. The second kappa shape index (κ2) is 8.12. The first kappa shape index (κ1) is 21.0. The summed E-state index contributed by atoms with van der Waals surface area (Å²) >= 11 is 0. The quantitative estimate of drug-likeness (QED) is 0.607. The van der Waals surface area contributed by atoms with Gasteiger partial charge in [-0.05, 0) is 31.5 Å². The van der Waals surface area contributed by atoms with Gasteiger partial charge >= 0.3 is 5.69 Å². The molecule has 1 aliphatic heterocycles. The third-order valence-corrected chi connectivity index (χ3v) is 5.88. The van der Waals surface area contributed by atoms with Crippen LogP contribution in [0.25, 0.3) is 11.0 Å². The summed E-state index contributed by atoms with van der Waals surface area (Å²) in [5.74, 6) is -0.202. The number of methoxy groups -OCH3 is 1. The average molecular weight is 427 g/mol. The van der Waals surface area contributed by atoms with E-state index in [2.05, 4.69) is 9.97 Å². The highest BCUT2D eigenvalue weighted by Gasteiger charge is 2.41. The Morgan fingerprint density at radius 3 is 2.90 bits per heavy atom. The van der Waals surface area contributed by atoms with Crippen LogP contribution in [0.4, 0.5) is 0 Å². The van der Waals surface area contributed by atoms with E-state index in [1.165, 1.54) is 16.8 Å². The zero-order valence-corrected chi connectivity index (χ0v) is 17.4. The topological polar surface area (TPSA) is 122 Å². The van der Waals surface area contributed by atoms with Crippen LogP contribution in [-0.4, -0.2) is 67.4 Å². The van der Waals surface area contributed by atoms with Crippen molar-refractivity contribution in [2.75, 3.05) is 26.8 Å². The van der Waals surface area contributed by atoms with Crippen LogP contribution in [0.3, 0.4) is 0 Å². The SMILES string of the molecule is COCCn1cnc2cc(C(=O)N3CC[C@@](C)(O)[C@H](n4ccc(=O)[nH]c4=O)C3)ccc21. The predicted octanol–water partition coefficient (Wildman–Crippen LogP) is 0.371. The Balaban J connectivity index is 1.60. The van der Waals surface area contributed by atoms with E-state index in [9.17, 15) is 19.5 Å². The highest BCUT2D eigenvalue weighted by molar-refractivity contribution is 5.97. The molecule has 0 bridgehead atoms. The van der Waals surface area contributed by atoms with Gasteiger partial charge in [-0.1, -0.05) is 0 Å². The zero-order chi connectivity index (χ0) is 22.2. The molecular weight excluding hydrogens is 402 g/mol. The number of rotatable bonds is 5. The van der Waals surface area contributed by atoms with Crippen molar-refractivity contribution in [1.82, 2.24) is 24.0 Å². The van der Waals surface area contributed by atoms with Crippen LogP contribution in [0.15, 0.2) is 46.4 Å². The highest BCUT2D eigenvalue weighted by Crippen LogP contribution is 2.31. The third-order valence-electron chi connectivity index (χ3n) is 5.88. The number of likely N-dealkylation sites (tertiary alicyclic amines) is 1. The van der Waals surface area contributed by atoms with Crippen LogP contribution >= 0.6 is 0 Å². The maximum Gasteiger partial charge on any atom is 0.328 e. The number of imidazole rings is 1. The van der Waals surface area contributed by atoms with Crippen LogP contribution in [-0.2, 0) is 11.3 Å². The van der Waals surface area contributed by atoms with Crippen molar-refractivity contribution in [3.63, 3.8) is 0 Å². The number of aromatic nitrogens is 4. The normalized spacial score (nSPS) is 21.5. The van der Waals surface area contributed by atoms with Crippen molar-refractivity contribution in [1.29, 1.82) is 0 Å². The van der Waals surface area contributed by atoms with Crippen molar-refractivity contribution in [3.05, 3.63) is 63.2 Å². The first-order chi connectivity index (χ1) is 14.8. The number of piperidine rings is 1. The Morgan fingerprint density at radius 2 is 2.16 bits per heavy atom. The molecule has 0 unspecified atom stereocenters. The van der Waals surface area contributed by atoms with E-state index in [1.807, 2.05) is 10.6 Å². The standard InChI is InChI=1S/C21H25N5O5/c1-21(30)6-8-24(12-17(21)26-7-5-18(27)23-20(26)29)19(28)14-3-4-16-15(11-14)22-13-25(16)9-10-31-2/h3-5,7,11,13,17,30H,6,8-10,12H2,1-2H3,(H,23,27,29)/t17-,21-/m1/s1. The smallest absolute Gasteiger partial charge is 0.328 e. The number of nitrogens with zero attached hydrogens (tertiary/aromatic N) is 4. The minimum Gasteiger partial charge on any atom is -0.388 e. The summed E-state index contributed by atoms with van der Waals surface area (Å²) in [6, 6.07) is 5.89. The fourth-order valence-electron chi connectivity index (χ4n) is 4.02. The molecule has 2 aromatic heterocycles. The summed E-state index contributed by atoms with van der Waals surface area (Å²) in [4.78, 5) is 45.1. The van der Waals surface area contributed by atoms with E-state index < -0.39 is 22.9 Å².